The highest BCUT2D eigenvalue weighted by atomic mass is 14.9. The molecule has 0 amide bonds. The highest BCUT2D eigenvalue weighted by Gasteiger charge is 2.18. The van der Waals surface area contributed by atoms with Gasteiger partial charge in [0, 0.05) is 34.9 Å². The van der Waals surface area contributed by atoms with Crippen molar-refractivity contribution in [1.82, 2.24) is 4.98 Å². The summed E-state index contributed by atoms with van der Waals surface area (Å²) in [7, 11) is 0. The van der Waals surface area contributed by atoms with Gasteiger partial charge >= 0.3 is 0 Å². The highest BCUT2D eigenvalue weighted by molar-refractivity contribution is 5.93. The van der Waals surface area contributed by atoms with Gasteiger partial charge in [-0.2, -0.15) is 0 Å². The average Bonchev–Trinajstić information content (AvgIpc) is 2.42. The molecule has 0 spiro atoms. The number of hydrogen-bond donors (Lipinski definition) is 1. The van der Waals surface area contributed by atoms with Crippen molar-refractivity contribution in [2.24, 2.45) is 5.92 Å². The Bertz CT molecular complexity index is 522. The lowest BCUT2D eigenvalue weighted by molar-refractivity contribution is 0.361. The number of benzene rings is 1. The third kappa shape index (κ3) is 2.33. The molecule has 1 aliphatic carbocycles. The summed E-state index contributed by atoms with van der Waals surface area (Å²) in [5, 5.41) is 6.21. The quantitative estimate of drug-likeness (QED) is 0.850. The van der Waals surface area contributed by atoms with Gasteiger partial charge in [0.1, 0.15) is 0 Å². The molecule has 1 saturated carbocycles. The predicted octanol–water partition coefficient (Wildman–Crippen LogP) is 4.23. The Kier molecular flexibility index (Phi) is 3.18. The highest BCUT2D eigenvalue weighted by Crippen LogP contribution is 2.29. The summed E-state index contributed by atoms with van der Waals surface area (Å²) >= 11 is 0. The number of anilines is 1. The molecule has 0 saturated heterocycles. The van der Waals surface area contributed by atoms with Gasteiger partial charge in [0.25, 0.3) is 0 Å². The molecule has 2 heteroatoms. The van der Waals surface area contributed by atoms with Crippen molar-refractivity contribution in [3.63, 3.8) is 0 Å². The van der Waals surface area contributed by atoms with E-state index in [0.29, 0.717) is 6.04 Å². The first-order valence-electron chi connectivity index (χ1n) is 6.92. The molecule has 1 aromatic heterocycles. The molecular formula is C16H20N2. The fourth-order valence-electron chi connectivity index (χ4n) is 2.87. The van der Waals surface area contributed by atoms with Crippen LogP contribution in [-0.2, 0) is 0 Å². The maximum absolute atomic E-state index is 4.18. The molecule has 3 rings (SSSR count). The number of hydrogen-bond acceptors (Lipinski definition) is 2. The first-order chi connectivity index (χ1) is 8.83. The maximum Gasteiger partial charge on any atom is 0.0423 e. The second kappa shape index (κ2) is 4.97. The molecule has 0 atom stereocenters. The minimum Gasteiger partial charge on any atom is -0.382 e. The molecule has 18 heavy (non-hydrogen) atoms. The number of nitrogens with zero attached hydrogens (tertiary/aromatic N) is 1. The zero-order valence-corrected chi connectivity index (χ0v) is 10.9. The monoisotopic (exact) mass is 240 g/mol. The smallest absolute Gasteiger partial charge is 0.0423 e. The van der Waals surface area contributed by atoms with Crippen LogP contribution in [0.4, 0.5) is 5.69 Å². The van der Waals surface area contributed by atoms with Crippen molar-refractivity contribution in [2.75, 3.05) is 5.32 Å². The molecule has 1 aromatic carbocycles. The van der Waals surface area contributed by atoms with Crippen molar-refractivity contribution in [2.45, 2.75) is 38.6 Å². The number of rotatable bonds is 2. The van der Waals surface area contributed by atoms with E-state index in [9.17, 15) is 0 Å². The number of pyridine rings is 1. The lowest BCUT2D eigenvalue weighted by atomic mass is 9.87. The molecule has 1 aliphatic rings. The van der Waals surface area contributed by atoms with Crippen molar-refractivity contribution >= 4 is 16.5 Å². The Morgan fingerprint density at radius 1 is 1.11 bits per heavy atom. The van der Waals surface area contributed by atoms with Gasteiger partial charge in [-0.1, -0.05) is 19.1 Å². The van der Waals surface area contributed by atoms with Crippen LogP contribution in [0.15, 0.2) is 36.7 Å². The zero-order valence-electron chi connectivity index (χ0n) is 10.9. The molecule has 2 nitrogen and oxygen atoms in total. The number of aromatic nitrogens is 1. The Hall–Kier alpha value is -1.57. The maximum atomic E-state index is 4.18. The molecule has 1 heterocycles. The van der Waals surface area contributed by atoms with E-state index in [4.69, 9.17) is 0 Å². The number of fused-ring (bicyclic) bond motifs is 1. The van der Waals surface area contributed by atoms with Crippen LogP contribution in [0.3, 0.4) is 0 Å². The van der Waals surface area contributed by atoms with E-state index in [0.717, 1.165) is 5.92 Å². The average molecular weight is 240 g/mol. The van der Waals surface area contributed by atoms with E-state index in [1.807, 2.05) is 12.4 Å². The summed E-state index contributed by atoms with van der Waals surface area (Å²) < 4.78 is 0. The van der Waals surface area contributed by atoms with Gasteiger partial charge < -0.3 is 5.32 Å². The van der Waals surface area contributed by atoms with E-state index in [1.54, 1.807) is 0 Å². The van der Waals surface area contributed by atoms with E-state index in [2.05, 4.69) is 41.5 Å². The van der Waals surface area contributed by atoms with Crippen LogP contribution in [0.1, 0.15) is 32.6 Å². The molecule has 2 aromatic rings. The third-order valence-corrected chi connectivity index (χ3v) is 4.06. The van der Waals surface area contributed by atoms with Gasteiger partial charge in [0.05, 0.1) is 0 Å². The second-order valence-electron chi connectivity index (χ2n) is 5.50. The van der Waals surface area contributed by atoms with Gasteiger partial charge in [0.15, 0.2) is 0 Å². The molecule has 1 N–H and O–H groups in total. The van der Waals surface area contributed by atoms with Crippen molar-refractivity contribution < 1.29 is 0 Å². The van der Waals surface area contributed by atoms with E-state index < -0.39 is 0 Å². The fraction of sp³-hybridized carbons (Fsp3) is 0.438. The van der Waals surface area contributed by atoms with Crippen LogP contribution in [-0.4, -0.2) is 11.0 Å². The summed E-state index contributed by atoms with van der Waals surface area (Å²) in [5.74, 6) is 0.903. The van der Waals surface area contributed by atoms with E-state index >= 15 is 0 Å². The fourth-order valence-corrected chi connectivity index (χ4v) is 2.87. The van der Waals surface area contributed by atoms with E-state index in [-0.39, 0.29) is 0 Å². The van der Waals surface area contributed by atoms with Gasteiger partial charge in [0.2, 0.25) is 0 Å². The van der Waals surface area contributed by atoms with Gasteiger partial charge in [-0.15, -0.1) is 0 Å². The summed E-state index contributed by atoms with van der Waals surface area (Å²) in [6.07, 6.45) is 9.10. The third-order valence-electron chi connectivity index (χ3n) is 4.06. The minimum atomic E-state index is 0.639. The first-order valence-corrected chi connectivity index (χ1v) is 6.92. The lowest BCUT2D eigenvalue weighted by Gasteiger charge is -2.28. The Morgan fingerprint density at radius 2 is 1.94 bits per heavy atom. The van der Waals surface area contributed by atoms with Crippen LogP contribution in [0.2, 0.25) is 0 Å². The lowest BCUT2D eigenvalue weighted by Crippen LogP contribution is -2.25. The van der Waals surface area contributed by atoms with Gasteiger partial charge in [-0.05, 0) is 43.7 Å². The zero-order chi connectivity index (χ0) is 12.4. The summed E-state index contributed by atoms with van der Waals surface area (Å²) in [4.78, 5) is 4.18. The van der Waals surface area contributed by atoms with Crippen molar-refractivity contribution in [3.05, 3.63) is 36.7 Å². The standard InChI is InChI=1S/C16H20N2/c1-12-5-7-14(8-6-12)18-16-4-2-3-13-11-17-10-9-15(13)16/h2-4,9-12,14,18H,5-8H2,1H3. The van der Waals surface area contributed by atoms with Crippen LogP contribution < -0.4 is 5.32 Å². The minimum absolute atomic E-state index is 0.639. The molecule has 0 bridgehead atoms. The van der Waals surface area contributed by atoms with Crippen LogP contribution in [0, 0.1) is 5.92 Å². The summed E-state index contributed by atoms with van der Waals surface area (Å²) in [6.45, 7) is 2.36. The van der Waals surface area contributed by atoms with Crippen LogP contribution >= 0.6 is 0 Å². The SMILES string of the molecule is CC1CCC(Nc2cccc3cnccc23)CC1. The molecule has 0 unspecified atom stereocenters. The molecular weight excluding hydrogens is 220 g/mol. The Labute approximate surface area is 108 Å². The summed E-state index contributed by atoms with van der Waals surface area (Å²) in [6, 6.07) is 9.15. The molecule has 94 valence electrons. The largest absolute Gasteiger partial charge is 0.382 e. The normalized spacial score (nSPS) is 24.1. The molecule has 0 aliphatic heterocycles. The Balaban J connectivity index is 1.82. The van der Waals surface area contributed by atoms with Crippen LogP contribution in [0.5, 0.6) is 0 Å². The Morgan fingerprint density at radius 3 is 2.78 bits per heavy atom. The van der Waals surface area contributed by atoms with Gasteiger partial charge in [-0.3, -0.25) is 4.98 Å². The second-order valence-corrected chi connectivity index (χ2v) is 5.50. The molecule has 1 fully saturated rings. The predicted molar refractivity (Wildman–Crippen MR) is 76.8 cm³/mol. The molecule has 0 radical (unpaired) electrons. The number of nitrogens with one attached hydrogen (secondary N) is 1. The first kappa shape index (κ1) is 11.5. The van der Waals surface area contributed by atoms with Crippen molar-refractivity contribution in [1.29, 1.82) is 0 Å². The summed E-state index contributed by atoms with van der Waals surface area (Å²) in [5.41, 5.74) is 1.26. The van der Waals surface area contributed by atoms with Crippen molar-refractivity contribution in [3.8, 4) is 0 Å². The topological polar surface area (TPSA) is 24.9 Å². The van der Waals surface area contributed by atoms with E-state index in [1.165, 1.54) is 42.1 Å². The van der Waals surface area contributed by atoms with Crippen LogP contribution in [0.25, 0.3) is 10.8 Å². The van der Waals surface area contributed by atoms with Gasteiger partial charge in [-0.25, -0.2) is 0 Å².